The summed E-state index contributed by atoms with van der Waals surface area (Å²) in [6, 6.07) is 25.7. The number of hydrogen-bond acceptors (Lipinski definition) is 4. The van der Waals surface area contributed by atoms with Crippen LogP contribution in [0.15, 0.2) is 84.9 Å². The quantitative estimate of drug-likeness (QED) is 0.603. The molecule has 0 aromatic heterocycles. The number of benzene rings is 3. The fraction of sp³-hybridized carbons (Fsp3) is 0.231. The van der Waals surface area contributed by atoms with Crippen LogP contribution in [0.25, 0.3) is 0 Å². The summed E-state index contributed by atoms with van der Waals surface area (Å²) in [6.07, 6.45) is 0.400. The van der Waals surface area contributed by atoms with Gasteiger partial charge in [-0.2, -0.15) is 0 Å². The van der Waals surface area contributed by atoms with Crippen LogP contribution in [0.2, 0.25) is 0 Å². The Bertz CT molecular complexity index is 1020. The molecule has 2 amide bonds. The van der Waals surface area contributed by atoms with Crippen molar-refractivity contribution in [2.24, 2.45) is 0 Å². The normalized spacial score (nSPS) is 14.4. The van der Waals surface area contributed by atoms with Crippen LogP contribution in [0.5, 0.6) is 0 Å². The molecule has 1 aliphatic heterocycles. The van der Waals surface area contributed by atoms with Crippen molar-refractivity contribution in [3.05, 3.63) is 96.1 Å². The first-order chi connectivity index (χ1) is 15.7. The van der Waals surface area contributed by atoms with E-state index in [0.29, 0.717) is 17.7 Å². The van der Waals surface area contributed by atoms with E-state index in [2.05, 4.69) is 15.5 Å². The first-order valence-electron chi connectivity index (χ1n) is 10.8. The Morgan fingerprint density at radius 2 is 1.47 bits per heavy atom. The Hall–Kier alpha value is -3.64. The number of anilines is 2. The molecule has 1 aliphatic rings. The summed E-state index contributed by atoms with van der Waals surface area (Å²) in [4.78, 5) is 28.1. The molecule has 3 aromatic rings. The summed E-state index contributed by atoms with van der Waals surface area (Å²) in [5.74, 6) is -0.526. The highest BCUT2D eigenvalue weighted by Gasteiger charge is 2.22. The lowest BCUT2D eigenvalue weighted by atomic mass is 10.0. The van der Waals surface area contributed by atoms with E-state index >= 15 is 0 Å². The highest BCUT2D eigenvalue weighted by atomic mass is 16.5. The third-order valence-corrected chi connectivity index (χ3v) is 5.45. The zero-order valence-electron chi connectivity index (χ0n) is 17.9. The highest BCUT2D eigenvalue weighted by molar-refractivity contribution is 6.01. The molecule has 6 heteroatoms. The van der Waals surface area contributed by atoms with Gasteiger partial charge in [0.1, 0.15) is 6.04 Å². The van der Waals surface area contributed by atoms with Crippen molar-refractivity contribution in [1.29, 1.82) is 0 Å². The Morgan fingerprint density at radius 1 is 0.844 bits per heavy atom. The minimum absolute atomic E-state index is 0.253. The number of nitrogens with one attached hydrogen (secondary N) is 2. The zero-order valence-corrected chi connectivity index (χ0v) is 17.9. The molecule has 0 saturated carbocycles. The molecule has 0 bridgehead atoms. The van der Waals surface area contributed by atoms with Crippen LogP contribution in [0.1, 0.15) is 15.9 Å². The molecule has 1 heterocycles. The Balaban J connectivity index is 1.45. The summed E-state index contributed by atoms with van der Waals surface area (Å²) in [5, 5.41) is 5.84. The molecule has 32 heavy (non-hydrogen) atoms. The lowest BCUT2D eigenvalue weighted by molar-refractivity contribution is -0.118. The van der Waals surface area contributed by atoms with Gasteiger partial charge in [-0.05, 0) is 42.0 Å². The molecule has 1 saturated heterocycles. The maximum Gasteiger partial charge on any atom is 0.251 e. The summed E-state index contributed by atoms with van der Waals surface area (Å²) < 4.78 is 5.40. The number of rotatable bonds is 7. The van der Waals surface area contributed by atoms with Crippen molar-refractivity contribution < 1.29 is 14.3 Å². The van der Waals surface area contributed by atoms with Crippen molar-refractivity contribution in [1.82, 2.24) is 5.32 Å². The minimum atomic E-state index is -0.705. The standard InChI is InChI=1S/C26H27N3O3/c30-25(21-9-5-2-6-10-21)28-24(19-20-7-3-1-4-8-20)26(31)27-22-11-13-23(14-12-22)29-15-17-32-18-16-29/h1-14,24H,15-19H2,(H,27,31)(H,28,30). The second kappa shape index (κ2) is 10.6. The van der Waals surface area contributed by atoms with E-state index in [9.17, 15) is 9.59 Å². The average Bonchev–Trinajstić information content (AvgIpc) is 2.86. The first kappa shape index (κ1) is 21.6. The van der Waals surface area contributed by atoms with Gasteiger partial charge in [0.2, 0.25) is 5.91 Å². The second-order valence-electron chi connectivity index (χ2n) is 7.72. The molecule has 1 atom stereocenters. The molecule has 3 aromatic carbocycles. The number of morpholine rings is 1. The van der Waals surface area contributed by atoms with Crippen molar-refractivity contribution in [2.45, 2.75) is 12.5 Å². The molecular formula is C26H27N3O3. The molecule has 2 N–H and O–H groups in total. The number of ether oxygens (including phenoxy) is 1. The van der Waals surface area contributed by atoms with Gasteiger partial charge in [-0.1, -0.05) is 48.5 Å². The fourth-order valence-electron chi connectivity index (χ4n) is 3.70. The predicted octanol–water partition coefficient (Wildman–Crippen LogP) is 3.50. The van der Waals surface area contributed by atoms with Crippen LogP contribution in [-0.4, -0.2) is 44.2 Å². The zero-order chi connectivity index (χ0) is 22.2. The third-order valence-electron chi connectivity index (χ3n) is 5.45. The number of nitrogens with zero attached hydrogens (tertiary/aromatic N) is 1. The van der Waals surface area contributed by atoms with Gasteiger partial charge >= 0.3 is 0 Å². The van der Waals surface area contributed by atoms with Crippen molar-refractivity contribution in [2.75, 3.05) is 36.5 Å². The van der Waals surface area contributed by atoms with Crippen molar-refractivity contribution in [3.8, 4) is 0 Å². The van der Waals surface area contributed by atoms with E-state index in [1.807, 2.05) is 60.7 Å². The molecule has 0 aliphatic carbocycles. The van der Waals surface area contributed by atoms with E-state index in [-0.39, 0.29) is 11.8 Å². The summed E-state index contributed by atoms with van der Waals surface area (Å²) in [7, 11) is 0. The smallest absolute Gasteiger partial charge is 0.251 e. The SMILES string of the molecule is O=C(NC(Cc1ccccc1)C(=O)Nc1ccc(N2CCOCC2)cc1)c1ccccc1. The van der Waals surface area contributed by atoms with Gasteiger partial charge in [-0.3, -0.25) is 9.59 Å². The lowest BCUT2D eigenvalue weighted by Gasteiger charge is -2.29. The first-order valence-corrected chi connectivity index (χ1v) is 10.8. The van der Waals surface area contributed by atoms with E-state index in [1.54, 1.807) is 24.3 Å². The van der Waals surface area contributed by atoms with Crippen LogP contribution in [-0.2, 0) is 16.0 Å². The number of carbonyl (C=O) groups is 2. The van der Waals surface area contributed by atoms with Crippen LogP contribution in [0.4, 0.5) is 11.4 Å². The van der Waals surface area contributed by atoms with Gasteiger partial charge in [-0.25, -0.2) is 0 Å². The van der Waals surface area contributed by atoms with Crippen molar-refractivity contribution in [3.63, 3.8) is 0 Å². The maximum atomic E-state index is 13.1. The van der Waals surface area contributed by atoms with Gasteiger partial charge in [-0.15, -0.1) is 0 Å². The number of hydrogen-bond donors (Lipinski definition) is 2. The molecule has 1 fully saturated rings. The average molecular weight is 430 g/mol. The molecule has 0 spiro atoms. The van der Waals surface area contributed by atoms with E-state index in [4.69, 9.17) is 4.74 Å². The molecule has 6 nitrogen and oxygen atoms in total. The Kier molecular flexibility index (Phi) is 7.15. The van der Waals surface area contributed by atoms with Crippen LogP contribution in [0.3, 0.4) is 0 Å². The molecule has 0 radical (unpaired) electrons. The van der Waals surface area contributed by atoms with E-state index < -0.39 is 6.04 Å². The van der Waals surface area contributed by atoms with Gasteiger partial charge in [0, 0.05) is 36.4 Å². The van der Waals surface area contributed by atoms with Crippen molar-refractivity contribution >= 4 is 23.2 Å². The molecule has 164 valence electrons. The summed E-state index contributed by atoms with van der Waals surface area (Å²) >= 11 is 0. The Morgan fingerprint density at radius 3 is 2.12 bits per heavy atom. The maximum absolute atomic E-state index is 13.1. The number of amides is 2. The van der Waals surface area contributed by atoms with Crippen LogP contribution >= 0.6 is 0 Å². The fourth-order valence-corrected chi connectivity index (χ4v) is 3.70. The van der Waals surface area contributed by atoms with E-state index in [0.717, 1.165) is 37.6 Å². The Labute approximate surface area is 188 Å². The van der Waals surface area contributed by atoms with Gasteiger partial charge in [0.05, 0.1) is 13.2 Å². The van der Waals surface area contributed by atoms with E-state index in [1.165, 1.54) is 0 Å². The summed E-state index contributed by atoms with van der Waals surface area (Å²) in [5.41, 5.74) is 3.29. The van der Waals surface area contributed by atoms with Gasteiger partial charge in [0.25, 0.3) is 5.91 Å². The monoisotopic (exact) mass is 429 g/mol. The van der Waals surface area contributed by atoms with Gasteiger partial charge in [0.15, 0.2) is 0 Å². The minimum Gasteiger partial charge on any atom is -0.378 e. The van der Waals surface area contributed by atoms with Crippen LogP contribution in [0, 0.1) is 0 Å². The number of carbonyl (C=O) groups excluding carboxylic acids is 2. The highest BCUT2D eigenvalue weighted by Crippen LogP contribution is 2.19. The summed E-state index contributed by atoms with van der Waals surface area (Å²) in [6.45, 7) is 3.16. The molecule has 1 unspecified atom stereocenters. The lowest BCUT2D eigenvalue weighted by Crippen LogP contribution is -2.45. The van der Waals surface area contributed by atoms with Crippen LogP contribution < -0.4 is 15.5 Å². The topological polar surface area (TPSA) is 70.7 Å². The van der Waals surface area contributed by atoms with Gasteiger partial charge < -0.3 is 20.3 Å². The molecular weight excluding hydrogens is 402 g/mol. The molecule has 4 rings (SSSR count). The predicted molar refractivity (Wildman–Crippen MR) is 126 cm³/mol. The second-order valence-corrected chi connectivity index (χ2v) is 7.72. The largest absolute Gasteiger partial charge is 0.378 e. The third kappa shape index (κ3) is 5.74.